The normalized spacial score (nSPS) is 11.2. The number of rotatable bonds is 4. The average molecular weight is 340 g/mol. The van der Waals surface area contributed by atoms with Crippen LogP contribution >= 0.6 is 22.9 Å². The maximum absolute atomic E-state index is 12.2. The zero-order valence-electron chi connectivity index (χ0n) is 11.8. The minimum atomic E-state index is -0.284. The van der Waals surface area contributed by atoms with E-state index in [1.165, 1.54) is 11.3 Å². The molecule has 2 aromatic heterocycles. The lowest BCUT2D eigenvalue weighted by molar-refractivity contribution is 0.104. The monoisotopic (exact) mass is 339 g/mol. The molecule has 3 rings (SSSR count). The van der Waals surface area contributed by atoms with E-state index >= 15 is 0 Å². The van der Waals surface area contributed by atoms with E-state index in [-0.39, 0.29) is 11.4 Å². The Labute approximate surface area is 141 Å². The summed E-state index contributed by atoms with van der Waals surface area (Å²) in [5.41, 5.74) is 2.13. The summed E-state index contributed by atoms with van der Waals surface area (Å²) in [7, 11) is 0. The predicted molar refractivity (Wildman–Crippen MR) is 90.8 cm³/mol. The van der Waals surface area contributed by atoms with E-state index in [0.717, 1.165) is 5.69 Å². The van der Waals surface area contributed by atoms with Gasteiger partial charge in [0, 0.05) is 27.7 Å². The van der Waals surface area contributed by atoms with Gasteiger partial charge in [0.2, 0.25) is 5.78 Å². The molecule has 3 aromatic rings. The van der Waals surface area contributed by atoms with E-state index in [9.17, 15) is 10.1 Å². The molecule has 0 aliphatic heterocycles. The van der Waals surface area contributed by atoms with Crippen molar-refractivity contribution in [3.05, 3.63) is 75.2 Å². The molecule has 112 valence electrons. The summed E-state index contributed by atoms with van der Waals surface area (Å²) in [5, 5.41) is 17.6. The van der Waals surface area contributed by atoms with Crippen molar-refractivity contribution >= 4 is 34.8 Å². The largest absolute Gasteiger partial charge is 0.288 e. The Morgan fingerprint density at radius 2 is 2.09 bits per heavy atom. The zero-order chi connectivity index (χ0) is 16.2. The molecule has 0 atom stereocenters. The second kappa shape index (κ2) is 6.61. The fourth-order valence-electron chi connectivity index (χ4n) is 2.01. The summed E-state index contributed by atoms with van der Waals surface area (Å²) in [6, 6.07) is 10.9. The van der Waals surface area contributed by atoms with Crippen molar-refractivity contribution in [1.29, 1.82) is 5.26 Å². The second-order valence-corrected chi connectivity index (χ2v) is 5.92. The predicted octanol–water partition coefficient (Wildman–Crippen LogP) is 4.38. The first-order valence-electron chi connectivity index (χ1n) is 6.66. The van der Waals surface area contributed by atoms with E-state index in [0.29, 0.717) is 16.1 Å². The number of benzene rings is 1. The van der Waals surface area contributed by atoms with E-state index in [2.05, 4.69) is 5.10 Å². The molecular formula is C17H10ClN3OS. The summed E-state index contributed by atoms with van der Waals surface area (Å²) in [5.74, 6) is -0.284. The minimum Gasteiger partial charge on any atom is -0.288 e. The molecular weight excluding hydrogens is 330 g/mol. The van der Waals surface area contributed by atoms with Gasteiger partial charge in [-0.1, -0.05) is 11.6 Å². The van der Waals surface area contributed by atoms with Crippen LogP contribution in [-0.4, -0.2) is 15.6 Å². The minimum absolute atomic E-state index is 0.0825. The van der Waals surface area contributed by atoms with Crippen LogP contribution < -0.4 is 0 Å². The van der Waals surface area contributed by atoms with E-state index in [1.807, 2.05) is 18.2 Å². The highest BCUT2D eigenvalue weighted by molar-refractivity contribution is 7.08. The third kappa shape index (κ3) is 3.39. The molecule has 0 spiro atoms. The van der Waals surface area contributed by atoms with E-state index in [1.54, 1.807) is 52.1 Å². The maximum atomic E-state index is 12.2. The van der Waals surface area contributed by atoms with Crippen molar-refractivity contribution in [2.24, 2.45) is 0 Å². The number of aromatic nitrogens is 2. The molecule has 0 radical (unpaired) electrons. The van der Waals surface area contributed by atoms with Gasteiger partial charge in [0.25, 0.3) is 0 Å². The molecule has 2 heterocycles. The number of halogens is 1. The number of hydrogen-bond acceptors (Lipinski definition) is 4. The van der Waals surface area contributed by atoms with Crippen molar-refractivity contribution in [1.82, 2.24) is 9.78 Å². The van der Waals surface area contributed by atoms with Gasteiger partial charge in [0.15, 0.2) is 0 Å². The lowest BCUT2D eigenvalue weighted by Crippen LogP contribution is -1.99. The Bertz CT molecular complexity index is 902. The molecule has 0 saturated carbocycles. The number of hydrogen-bond donors (Lipinski definition) is 0. The van der Waals surface area contributed by atoms with Gasteiger partial charge in [0.1, 0.15) is 11.6 Å². The first kappa shape index (κ1) is 15.2. The van der Waals surface area contributed by atoms with Crippen LogP contribution in [0.2, 0.25) is 5.02 Å². The van der Waals surface area contributed by atoms with Gasteiger partial charge in [-0.25, -0.2) is 4.68 Å². The Kier molecular flexibility index (Phi) is 4.38. The van der Waals surface area contributed by atoms with Crippen molar-refractivity contribution in [2.45, 2.75) is 0 Å². The van der Waals surface area contributed by atoms with Gasteiger partial charge < -0.3 is 0 Å². The Morgan fingerprint density at radius 1 is 1.30 bits per heavy atom. The summed E-state index contributed by atoms with van der Waals surface area (Å²) in [4.78, 5) is 12.2. The first-order chi connectivity index (χ1) is 11.2. The van der Waals surface area contributed by atoms with Gasteiger partial charge in [-0.05, 0) is 41.8 Å². The number of carbonyl (C=O) groups excluding carboxylic acids is 1. The van der Waals surface area contributed by atoms with Crippen LogP contribution in [0.5, 0.6) is 0 Å². The van der Waals surface area contributed by atoms with Crippen LogP contribution in [0.25, 0.3) is 11.8 Å². The molecule has 0 N–H and O–H groups in total. The molecule has 0 aliphatic carbocycles. The van der Waals surface area contributed by atoms with E-state index in [4.69, 9.17) is 11.6 Å². The number of allylic oxidation sites excluding steroid dienone is 1. The number of nitriles is 1. The van der Waals surface area contributed by atoms with Gasteiger partial charge >= 0.3 is 0 Å². The Morgan fingerprint density at radius 3 is 2.74 bits per heavy atom. The zero-order valence-corrected chi connectivity index (χ0v) is 13.4. The molecule has 6 heteroatoms. The number of Topliss-reactive ketones (excluding diaryl/α,β-unsaturated/α-hetero) is 1. The molecule has 0 amide bonds. The molecule has 0 bridgehead atoms. The molecule has 4 nitrogen and oxygen atoms in total. The summed E-state index contributed by atoms with van der Waals surface area (Å²) in [6.07, 6.45) is 4.90. The fourth-order valence-corrected chi connectivity index (χ4v) is 2.77. The number of carbonyl (C=O) groups is 1. The molecule has 0 aliphatic rings. The Balaban J connectivity index is 1.89. The van der Waals surface area contributed by atoms with Crippen LogP contribution in [0.3, 0.4) is 0 Å². The Hall–Kier alpha value is -2.68. The SMILES string of the molecule is N#CC(=Cc1cnn(-c2ccc(Cl)cc2)c1)C(=O)c1ccsc1. The van der Waals surface area contributed by atoms with Crippen LogP contribution in [0.4, 0.5) is 0 Å². The number of ketones is 1. The van der Waals surface area contributed by atoms with Crippen molar-refractivity contribution < 1.29 is 4.79 Å². The topological polar surface area (TPSA) is 58.7 Å². The van der Waals surface area contributed by atoms with Crippen molar-refractivity contribution in [3.63, 3.8) is 0 Å². The average Bonchev–Trinajstić information content (AvgIpc) is 3.24. The van der Waals surface area contributed by atoms with Gasteiger partial charge in [-0.3, -0.25) is 4.79 Å². The number of thiophene rings is 1. The lowest BCUT2D eigenvalue weighted by Gasteiger charge is -2.00. The lowest BCUT2D eigenvalue weighted by atomic mass is 10.1. The summed E-state index contributed by atoms with van der Waals surface area (Å²) in [6.45, 7) is 0. The van der Waals surface area contributed by atoms with Gasteiger partial charge in [-0.15, -0.1) is 0 Å². The van der Waals surface area contributed by atoms with Gasteiger partial charge in [0.05, 0.1) is 11.9 Å². The summed E-state index contributed by atoms with van der Waals surface area (Å²) >= 11 is 7.28. The number of nitrogens with zero attached hydrogens (tertiary/aromatic N) is 3. The molecule has 0 unspecified atom stereocenters. The highest BCUT2D eigenvalue weighted by atomic mass is 35.5. The summed E-state index contributed by atoms with van der Waals surface area (Å²) < 4.78 is 1.66. The van der Waals surface area contributed by atoms with Crippen molar-refractivity contribution in [2.75, 3.05) is 0 Å². The second-order valence-electron chi connectivity index (χ2n) is 4.71. The standard InChI is InChI=1S/C17H10ClN3OS/c18-15-1-3-16(4-2-15)21-10-12(9-20-21)7-14(8-19)17(22)13-5-6-23-11-13/h1-7,9-11H. The third-order valence-corrected chi connectivity index (χ3v) is 4.09. The molecule has 0 saturated heterocycles. The molecule has 1 aromatic carbocycles. The van der Waals surface area contributed by atoms with Crippen LogP contribution in [0, 0.1) is 11.3 Å². The highest BCUT2D eigenvalue weighted by Gasteiger charge is 2.13. The first-order valence-corrected chi connectivity index (χ1v) is 7.99. The van der Waals surface area contributed by atoms with Crippen LogP contribution in [0.1, 0.15) is 15.9 Å². The van der Waals surface area contributed by atoms with Crippen LogP contribution in [0.15, 0.2) is 59.1 Å². The van der Waals surface area contributed by atoms with Crippen LogP contribution in [-0.2, 0) is 0 Å². The molecule has 23 heavy (non-hydrogen) atoms. The molecule has 0 fully saturated rings. The smallest absolute Gasteiger partial charge is 0.204 e. The quantitative estimate of drug-likeness (QED) is 0.402. The van der Waals surface area contributed by atoms with E-state index < -0.39 is 0 Å². The van der Waals surface area contributed by atoms with Gasteiger partial charge in [-0.2, -0.15) is 21.7 Å². The fraction of sp³-hybridized carbons (Fsp3) is 0. The van der Waals surface area contributed by atoms with Crippen molar-refractivity contribution in [3.8, 4) is 11.8 Å². The maximum Gasteiger partial charge on any atom is 0.204 e. The highest BCUT2D eigenvalue weighted by Crippen LogP contribution is 2.17. The third-order valence-electron chi connectivity index (χ3n) is 3.15.